The molecule has 2 N–H and O–H groups in total. The fraction of sp³-hybridized carbons (Fsp3) is 0.500. The summed E-state index contributed by atoms with van der Waals surface area (Å²) in [7, 11) is 0. The van der Waals surface area contributed by atoms with Crippen molar-refractivity contribution in [2.24, 2.45) is 0 Å². The number of amides is 1. The van der Waals surface area contributed by atoms with Crippen LogP contribution in [0.15, 0.2) is 24.3 Å². The molecule has 0 radical (unpaired) electrons. The Hall–Kier alpha value is -4.39. The van der Waals surface area contributed by atoms with Gasteiger partial charge in [-0.2, -0.15) is 5.26 Å². The highest BCUT2D eigenvalue weighted by Gasteiger charge is 2.31. The predicted octanol–water partition coefficient (Wildman–Crippen LogP) is 5.23. The van der Waals surface area contributed by atoms with Crippen LogP contribution in [0.25, 0.3) is 0 Å². The van der Waals surface area contributed by atoms with Crippen LogP contribution in [-0.4, -0.2) is 64.7 Å². The van der Waals surface area contributed by atoms with Crippen molar-refractivity contribution in [1.82, 2.24) is 9.80 Å². The lowest BCUT2D eigenvalue weighted by atomic mass is 9.83. The second-order valence-corrected chi connectivity index (χ2v) is 12.4. The first-order valence-electron chi connectivity index (χ1n) is 15.2. The highest BCUT2D eigenvalue weighted by atomic mass is 16.5. The molecule has 0 aliphatic carbocycles. The zero-order valence-electron chi connectivity index (χ0n) is 26.1. The number of likely N-dealkylation sites (tertiary alicyclic amines) is 1. The number of ketones is 1. The first kappa shape index (κ1) is 32.5. The van der Waals surface area contributed by atoms with Gasteiger partial charge in [-0.3, -0.25) is 19.8 Å². The van der Waals surface area contributed by atoms with Crippen molar-refractivity contribution in [3.63, 3.8) is 0 Å². The molecular formula is C34H42N4O6. The average Bonchev–Trinajstić information content (AvgIpc) is 3.25. The van der Waals surface area contributed by atoms with Gasteiger partial charge in [-0.25, -0.2) is 0 Å². The van der Waals surface area contributed by atoms with E-state index in [0.717, 1.165) is 29.5 Å². The number of rotatable bonds is 13. The fourth-order valence-electron chi connectivity index (χ4n) is 5.72. The lowest BCUT2D eigenvalue weighted by Crippen LogP contribution is -2.35. The van der Waals surface area contributed by atoms with Crippen LogP contribution in [0.5, 0.6) is 11.5 Å². The summed E-state index contributed by atoms with van der Waals surface area (Å²) in [4.78, 5) is 41.6. The van der Waals surface area contributed by atoms with Gasteiger partial charge in [0, 0.05) is 60.3 Å². The van der Waals surface area contributed by atoms with Crippen LogP contribution >= 0.6 is 0 Å². The predicted molar refractivity (Wildman–Crippen MR) is 165 cm³/mol. The lowest BCUT2D eigenvalue weighted by molar-refractivity contribution is -0.136. The maximum absolute atomic E-state index is 13.9. The minimum Gasteiger partial charge on any atom is -0.494 e. The van der Waals surface area contributed by atoms with Crippen LogP contribution in [0.4, 0.5) is 0 Å². The van der Waals surface area contributed by atoms with Crippen molar-refractivity contribution in [3.05, 3.63) is 57.6 Å². The number of fused-ring (bicyclic) bond motifs is 1. The van der Waals surface area contributed by atoms with Crippen LogP contribution in [0.1, 0.15) is 98.0 Å². The fourth-order valence-corrected chi connectivity index (χ4v) is 5.72. The number of nitrogens with one attached hydrogen (secondary N) is 1. The van der Waals surface area contributed by atoms with Gasteiger partial charge in [0.05, 0.1) is 32.2 Å². The Kier molecular flexibility index (Phi) is 10.3. The van der Waals surface area contributed by atoms with Crippen LogP contribution in [0.3, 0.4) is 0 Å². The van der Waals surface area contributed by atoms with Crippen molar-refractivity contribution in [2.75, 3.05) is 26.3 Å². The third-order valence-corrected chi connectivity index (χ3v) is 7.95. The van der Waals surface area contributed by atoms with Gasteiger partial charge >= 0.3 is 5.97 Å². The molecule has 0 saturated carbocycles. The number of unbranched alkanes of at least 4 members (excludes halogenated alkanes) is 1. The van der Waals surface area contributed by atoms with Crippen LogP contribution in [0.2, 0.25) is 0 Å². The number of Topliss-reactive ketones (excluding diaryl/α,β-unsaturated/α-hetero) is 1. The molecule has 0 unspecified atom stereocenters. The second-order valence-electron chi connectivity index (χ2n) is 12.4. The summed E-state index contributed by atoms with van der Waals surface area (Å²) in [5, 5.41) is 27.2. The van der Waals surface area contributed by atoms with Gasteiger partial charge in [0.15, 0.2) is 5.78 Å². The highest BCUT2D eigenvalue weighted by Crippen LogP contribution is 2.37. The van der Waals surface area contributed by atoms with Gasteiger partial charge < -0.3 is 24.4 Å². The summed E-state index contributed by atoms with van der Waals surface area (Å²) in [6, 6.07) is 9.27. The van der Waals surface area contributed by atoms with Gasteiger partial charge in [0.2, 0.25) is 5.91 Å². The van der Waals surface area contributed by atoms with Gasteiger partial charge in [-0.05, 0) is 61.4 Å². The summed E-state index contributed by atoms with van der Waals surface area (Å²) in [6.45, 7) is 9.96. The number of piperidine rings is 1. The Bertz CT molecular complexity index is 1490. The van der Waals surface area contributed by atoms with Crippen LogP contribution in [-0.2, 0) is 34.5 Å². The van der Waals surface area contributed by atoms with E-state index in [4.69, 9.17) is 20.1 Å². The summed E-state index contributed by atoms with van der Waals surface area (Å²) in [5.41, 5.74) is 3.59. The van der Waals surface area contributed by atoms with Crippen molar-refractivity contribution in [2.45, 2.75) is 84.7 Å². The van der Waals surface area contributed by atoms with E-state index in [0.29, 0.717) is 80.3 Å². The molecule has 2 heterocycles. The molecule has 10 heteroatoms. The van der Waals surface area contributed by atoms with Crippen molar-refractivity contribution < 1.29 is 29.0 Å². The number of amidine groups is 1. The number of nitrogens with zero attached hydrogens (tertiary/aromatic N) is 3. The Morgan fingerprint density at radius 2 is 1.86 bits per heavy atom. The minimum atomic E-state index is -0.989. The Morgan fingerprint density at radius 3 is 2.52 bits per heavy atom. The molecule has 2 aliphatic heterocycles. The number of carbonyl (C=O) groups excluding carboxylic acids is 2. The van der Waals surface area contributed by atoms with E-state index >= 15 is 0 Å². The molecule has 234 valence electrons. The van der Waals surface area contributed by atoms with E-state index in [1.807, 2.05) is 44.7 Å². The number of benzene rings is 2. The Balaban J connectivity index is 1.65. The molecule has 2 aromatic rings. The van der Waals surface area contributed by atoms with Crippen molar-refractivity contribution in [3.8, 4) is 17.6 Å². The molecule has 0 bridgehead atoms. The second kappa shape index (κ2) is 13.9. The van der Waals surface area contributed by atoms with E-state index < -0.39 is 5.97 Å². The zero-order chi connectivity index (χ0) is 32.0. The zero-order valence-corrected chi connectivity index (χ0v) is 26.1. The minimum absolute atomic E-state index is 0.0419. The average molecular weight is 603 g/mol. The number of hydrogen-bond donors (Lipinski definition) is 2. The van der Waals surface area contributed by atoms with Crippen molar-refractivity contribution in [1.29, 1.82) is 10.7 Å². The van der Waals surface area contributed by atoms with Gasteiger partial charge in [-0.1, -0.05) is 20.8 Å². The molecule has 2 aromatic carbocycles. The number of carbonyl (C=O) groups is 3. The maximum atomic E-state index is 13.9. The van der Waals surface area contributed by atoms with E-state index in [9.17, 15) is 19.5 Å². The number of carboxylic acid groups (broad SMARTS) is 1. The summed E-state index contributed by atoms with van der Waals surface area (Å²) in [5.74, 6) is 0.212. The number of aliphatic carboxylic acids is 1. The molecule has 0 spiro atoms. The molecule has 2 aliphatic rings. The summed E-state index contributed by atoms with van der Waals surface area (Å²) in [6.07, 6.45) is 3.00. The smallest absolute Gasteiger partial charge is 0.307 e. The van der Waals surface area contributed by atoms with Gasteiger partial charge in [-0.15, -0.1) is 0 Å². The monoisotopic (exact) mass is 602 g/mol. The molecule has 0 aromatic heterocycles. The number of nitriles is 1. The lowest BCUT2D eigenvalue weighted by Gasteiger charge is -2.30. The Labute approximate surface area is 259 Å². The molecule has 1 saturated heterocycles. The van der Waals surface area contributed by atoms with Gasteiger partial charge in [0.25, 0.3) is 0 Å². The maximum Gasteiger partial charge on any atom is 0.307 e. The number of ether oxygens (including phenoxy) is 2. The summed E-state index contributed by atoms with van der Waals surface area (Å²) >= 11 is 0. The topological polar surface area (TPSA) is 144 Å². The van der Waals surface area contributed by atoms with E-state index in [1.165, 1.54) is 0 Å². The van der Waals surface area contributed by atoms with Crippen molar-refractivity contribution >= 4 is 23.5 Å². The third-order valence-electron chi connectivity index (χ3n) is 7.95. The van der Waals surface area contributed by atoms with E-state index in [2.05, 4.69) is 6.07 Å². The normalized spacial score (nSPS) is 14.8. The quantitative estimate of drug-likeness (QED) is 0.234. The van der Waals surface area contributed by atoms with Crippen LogP contribution in [0, 0.1) is 16.7 Å². The molecular weight excluding hydrogens is 560 g/mol. The molecule has 0 atom stereocenters. The van der Waals surface area contributed by atoms with Crippen LogP contribution < -0.4 is 9.47 Å². The number of hydrogen-bond acceptors (Lipinski definition) is 7. The van der Waals surface area contributed by atoms with E-state index in [1.54, 1.807) is 17.0 Å². The largest absolute Gasteiger partial charge is 0.494 e. The Morgan fingerprint density at radius 1 is 1.09 bits per heavy atom. The SMILES string of the molecule is CCOc1cc2c(cc1CC(=O)O)C(=N)N(CC(=O)c1cc(CN3CCCCC3=O)c(OCCCC#N)c(C(C)(C)C)c1)C2. The number of carboxylic acids is 1. The third kappa shape index (κ3) is 7.57. The molecule has 10 nitrogen and oxygen atoms in total. The molecule has 44 heavy (non-hydrogen) atoms. The van der Waals surface area contributed by atoms with Gasteiger partial charge in [0.1, 0.15) is 17.3 Å². The summed E-state index contributed by atoms with van der Waals surface area (Å²) < 4.78 is 12.0. The first-order valence-corrected chi connectivity index (χ1v) is 15.2. The molecule has 1 amide bonds. The molecule has 4 rings (SSSR count). The standard InChI is InChI=1S/C34H42N4O6/c1-5-43-29-17-24-19-38(33(36)26(24)15-23(29)18-31(41)42)21-28(39)22-14-25(20-37-12-8-6-10-30(37)40)32(44-13-9-7-11-35)27(16-22)34(2,3)4/h14-17,36H,5-10,12-13,18-21H2,1-4H3,(H,41,42). The highest BCUT2D eigenvalue weighted by molar-refractivity contribution is 6.05. The first-order chi connectivity index (χ1) is 20.9. The molecule has 1 fully saturated rings. The van der Waals surface area contributed by atoms with E-state index in [-0.39, 0.29) is 35.9 Å².